The molecule has 2 rings (SSSR count). The summed E-state index contributed by atoms with van der Waals surface area (Å²) in [6.07, 6.45) is 1.87. The molecular formula is C20H25ClN2O3S. The summed E-state index contributed by atoms with van der Waals surface area (Å²) >= 11 is 5.99. The van der Waals surface area contributed by atoms with Gasteiger partial charge in [0.25, 0.3) is 0 Å². The molecule has 2 aromatic rings. The number of carbonyl (C=O) groups excluding carboxylic acids is 1. The van der Waals surface area contributed by atoms with Crippen LogP contribution in [0, 0.1) is 6.92 Å². The van der Waals surface area contributed by atoms with Gasteiger partial charge < -0.3 is 4.90 Å². The topological polar surface area (TPSA) is 57.7 Å². The predicted molar refractivity (Wildman–Crippen MR) is 111 cm³/mol. The maximum Gasteiger partial charge on any atom is 0.243 e. The third kappa shape index (κ3) is 6.26. The summed E-state index contributed by atoms with van der Waals surface area (Å²) in [7, 11) is -3.63. The molecule has 0 atom stereocenters. The lowest BCUT2D eigenvalue weighted by molar-refractivity contribution is -0.130. The zero-order chi connectivity index (χ0) is 20.0. The average molecular weight is 409 g/mol. The van der Waals surface area contributed by atoms with Crippen LogP contribution in [0.3, 0.4) is 0 Å². The quantitative estimate of drug-likeness (QED) is 0.666. The van der Waals surface area contributed by atoms with E-state index in [1.807, 2.05) is 38.1 Å². The Balaban J connectivity index is 2.23. The van der Waals surface area contributed by atoms with Gasteiger partial charge >= 0.3 is 0 Å². The van der Waals surface area contributed by atoms with Crippen LogP contribution in [-0.2, 0) is 21.4 Å². The molecule has 0 saturated heterocycles. The Morgan fingerprint density at radius 2 is 1.78 bits per heavy atom. The second-order valence-corrected chi connectivity index (χ2v) is 8.89. The molecule has 0 aliphatic carbocycles. The van der Waals surface area contributed by atoms with Gasteiger partial charge in [0.05, 0.1) is 11.9 Å². The highest BCUT2D eigenvalue weighted by Crippen LogP contribution is 2.22. The Kier molecular flexibility index (Phi) is 7.27. The first-order valence-electron chi connectivity index (χ1n) is 8.77. The monoisotopic (exact) mass is 408 g/mol. The molecule has 0 bridgehead atoms. The van der Waals surface area contributed by atoms with Crippen molar-refractivity contribution in [1.29, 1.82) is 0 Å². The van der Waals surface area contributed by atoms with Crippen molar-refractivity contribution in [2.45, 2.75) is 26.8 Å². The molecule has 146 valence electrons. The van der Waals surface area contributed by atoms with E-state index in [1.54, 1.807) is 29.2 Å². The Hall–Kier alpha value is -2.05. The zero-order valence-electron chi connectivity index (χ0n) is 15.9. The molecule has 0 radical (unpaired) electrons. The van der Waals surface area contributed by atoms with Crippen LogP contribution in [0.15, 0.2) is 48.5 Å². The summed E-state index contributed by atoms with van der Waals surface area (Å²) in [5.41, 5.74) is 2.54. The van der Waals surface area contributed by atoms with Crippen LogP contribution < -0.4 is 4.31 Å². The van der Waals surface area contributed by atoms with Gasteiger partial charge in [-0.1, -0.05) is 54.4 Å². The summed E-state index contributed by atoms with van der Waals surface area (Å²) in [5.74, 6) is -0.247. The molecule has 7 heteroatoms. The van der Waals surface area contributed by atoms with E-state index in [0.717, 1.165) is 28.1 Å². The molecule has 0 spiro atoms. The predicted octanol–water partition coefficient (Wildman–Crippen LogP) is 3.85. The fraction of sp³-hybridized carbons (Fsp3) is 0.350. The Morgan fingerprint density at radius 3 is 2.33 bits per heavy atom. The van der Waals surface area contributed by atoms with Crippen molar-refractivity contribution in [3.05, 3.63) is 64.7 Å². The number of rotatable bonds is 8. The molecule has 0 heterocycles. The SMILES string of the molecule is CCCN(Cc1ccc(C)cc1)C(=O)CN(c1cccc(Cl)c1)S(C)(=O)=O. The van der Waals surface area contributed by atoms with Gasteiger partial charge in [0.2, 0.25) is 15.9 Å². The third-order valence-corrected chi connectivity index (χ3v) is 5.49. The van der Waals surface area contributed by atoms with Gasteiger partial charge in [-0.3, -0.25) is 9.10 Å². The second-order valence-electron chi connectivity index (χ2n) is 6.55. The third-order valence-electron chi connectivity index (χ3n) is 4.12. The van der Waals surface area contributed by atoms with E-state index >= 15 is 0 Å². The first kappa shape index (κ1) is 21.3. The molecule has 0 aromatic heterocycles. The normalized spacial score (nSPS) is 11.3. The van der Waals surface area contributed by atoms with E-state index in [1.165, 1.54) is 0 Å². The summed E-state index contributed by atoms with van der Waals surface area (Å²) in [6, 6.07) is 14.5. The minimum Gasteiger partial charge on any atom is -0.337 e. The molecule has 5 nitrogen and oxygen atoms in total. The summed E-state index contributed by atoms with van der Waals surface area (Å²) in [6.45, 7) is 4.74. The first-order chi connectivity index (χ1) is 12.7. The van der Waals surface area contributed by atoms with Gasteiger partial charge in [0.15, 0.2) is 0 Å². The van der Waals surface area contributed by atoms with Crippen molar-refractivity contribution >= 4 is 33.2 Å². The molecule has 1 amide bonds. The molecule has 0 saturated carbocycles. The standard InChI is InChI=1S/C20H25ClN2O3S/c1-4-12-22(14-17-10-8-16(2)9-11-17)20(24)15-23(27(3,25)26)19-7-5-6-18(21)13-19/h5-11,13H,4,12,14-15H2,1-3H3. The summed E-state index contributed by atoms with van der Waals surface area (Å²) < 4.78 is 25.6. The Morgan fingerprint density at radius 1 is 1.11 bits per heavy atom. The maximum atomic E-state index is 12.9. The van der Waals surface area contributed by atoms with E-state index in [-0.39, 0.29) is 12.5 Å². The molecule has 2 aromatic carbocycles. The molecule has 0 unspecified atom stereocenters. The van der Waals surface area contributed by atoms with E-state index in [9.17, 15) is 13.2 Å². The van der Waals surface area contributed by atoms with Gasteiger partial charge in [0.1, 0.15) is 6.54 Å². The van der Waals surface area contributed by atoms with Crippen LogP contribution in [0.2, 0.25) is 5.02 Å². The van der Waals surface area contributed by atoms with Crippen molar-refractivity contribution < 1.29 is 13.2 Å². The number of aryl methyl sites for hydroxylation is 1. The smallest absolute Gasteiger partial charge is 0.243 e. The summed E-state index contributed by atoms with van der Waals surface area (Å²) in [4.78, 5) is 14.6. The molecule has 0 aliphatic heterocycles. The molecular weight excluding hydrogens is 384 g/mol. The minimum absolute atomic E-state index is 0.247. The fourth-order valence-corrected chi connectivity index (χ4v) is 3.76. The molecule has 0 aliphatic rings. The Labute approximate surface area is 166 Å². The number of hydrogen-bond acceptors (Lipinski definition) is 3. The molecule has 27 heavy (non-hydrogen) atoms. The zero-order valence-corrected chi connectivity index (χ0v) is 17.4. The van der Waals surface area contributed by atoms with E-state index < -0.39 is 10.0 Å². The number of amides is 1. The van der Waals surface area contributed by atoms with Gasteiger partial charge in [-0.25, -0.2) is 8.42 Å². The lowest BCUT2D eigenvalue weighted by Crippen LogP contribution is -2.42. The van der Waals surface area contributed by atoms with Crippen LogP contribution in [0.1, 0.15) is 24.5 Å². The van der Waals surface area contributed by atoms with Crippen molar-refractivity contribution in [2.24, 2.45) is 0 Å². The van der Waals surface area contributed by atoms with E-state index in [0.29, 0.717) is 23.8 Å². The number of hydrogen-bond donors (Lipinski definition) is 0. The highest BCUT2D eigenvalue weighted by Gasteiger charge is 2.24. The van der Waals surface area contributed by atoms with Crippen molar-refractivity contribution in [3.8, 4) is 0 Å². The molecule has 0 N–H and O–H groups in total. The van der Waals surface area contributed by atoms with Gasteiger partial charge in [-0.05, 0) is 37.1 Å². The maximum absolute atomic E-state index is 12.9. The van der Waals surface area contributed by atoms with Crippen molar-refractivity contribution in [2.75, 3.05) is 23.7 Å². The number of halogens is 1. The summed E-state index contributed by atoms with van der Waals surface area (Å²) in [5, 5.41) is 0.415. The highest BCUT2D eigenvalue weighted by atomic mass is 35.5. The van der Waals surface area contributed by atoms with Gasteiger partial charge in [0, 0.05) is 18.1 Å². The lowest BCUT2D eigenvalue weighted by Gasteiger charge is -2.27. The largest absolute Gasteiger partial charge is 0.337 e. The van der Waals surface area contributed by atoms with Crippen LogP contribution in [0.25, 0.3) is 0 Å². The van der Waals surface area contributed by atoms with Crippen molar-refractivity contribution in [1.82, 2.24) is 4.90 Å². The highest BCUT2D eigenvalue weighted by molar-refractivity contribution is 7.92. The van der Waals surface area contributed by atoms with Gasteiger partial charge in [-0.2, -0.15) is 0 Å². The molecule has 0 fully saturated rings. The number of nitrogens with zero attached hydrogens (tertiary/aromatic N) is 2. The van der Waals surface area contributed by atoms with Gasteiger partial charge in [-0.15, -0.1) is 0 Å². The first-order valence-corrected chi connectivity index (χ1v) is 11.0. The lowest BCUT2D eigenvalue weighted by atomic mass is 10.1. The van der Waals surface area contributed by atoms with E-state index in [2.05, 4.69) is 0 Å². The average Bonchev–Trinajstić information content (AvgIpc) is 2.60. The number of anilines is 1. The second kappa shape index (κ2) is 9.24. The van der Waals surface area contributed by atoms with E-state index in [4.69, 9.17) is 11.6 Å². The number of carbonyl (C=O) groups is 1. The Bertz CT molecular complexity index is 882. The van der Waals surface area contributed by atoms with Crippen molar-refractivity contribution in [3.63, 3.8) is 0 Å². The number of sulfonamides is 1. The van der Waals surface area contributed by atoms with Crippen LogP contribution >= 0.6 is 11.6 Å². The van der Waals surface area contributed by atoms with Crippen LogP contribution in [0.4, 0.5) is 5.69 Å². The fourth-order valence-electron chi connectivity index (χ4n) is 2.73. The minimum atomic E-state index is -3.63. The van der Waals surface area contributed by atoms with Crippen LogP contribution in [-0.4, -0.2) is 38.6 Å². The number of benzene rings is 2. The van der Waals surface area contributed by atoms with Crippen LogP contribution in [0.5, 0.6) is 0 Å².